The lowest BCUT2D eigenvalue weighted by atomic mass is 10.3. The van der Waals surface area contributed by atoms with E-state index >= 15 is 0 Å². The van der Waals surface area contributed by atoms with Crippen molar-refractivity contribution in [1.29, 1.82) is 0 Å². The van der Waals surface area contributed by atoms with Crippen molar-refractivity contribution < 1.29 is 9.84 Å². The Labute approximate surface area is 109 Å². The first-order chi connectivity index (χ1) is 8.22. The SMILES string of the molecule is CCc1nc(Br)cc(N2CCOC(CO)C2)n1. The van der Waals surface area contributed by atoms with E-state index in [0.717, 1.165) is 29.2 Å². The van der Waals surface area contributed by atoms with Gasteiger partial charge < -0.3 is 14.7 Å². The first-order valence-corrected chi connectivity index (χ1v) is 6.53. The zero-order chi connectivity index (χ0) is 12.3. The van der Waals surface area contributed by atoms with Crippen molar-refractivity contribution >= 4 is 21.7 Å². The maximum atomic E-state index is 9.12. The van der Waals surface area contributed by atoms with E-state index in [4.69, 9.17) is 9.84 Å². The van der Waals surface area contributed by atoms with Crippen LogP contribution in [0.15, 0.2) is 10.7 Å². The summed E-state index contributed by atoms with van der Waals surface area (Å²) in [6.07, 6.45) is 0.683. The van der Waals surface area contributed by atoms with Crippen LogP contribution < -0.4 is 4.90 Å². The van der Waals surface area contributed by atoms with Gasteiger partial charge in [-0.15, -0.1) is 0 Å². The molecule has 1 aromatic heterocycles. The van der Waals surface area contributed by atoms with Gasteiger partial charge in [0.1, 0.15) is 16.2 Å². The summed E-state index contributed by atoms with van der Waals surface area (Å²) in [4.78, 5) is 10.9. The second kappa shape index (κ2) is 5.75. The van der Waals surface area contributed by atoms with Crippen LogP contribution in [-0.2, 0) is 11.2 Å². The van der Waals surface area contributed by atoms with Crippen LogP contribution in [0.4, 0.5) is 5.82 Å². The molecule has 1 saturated heterocycles. The summed E-state index contributed by atoms with van der Waals surface area (Å²) in [6.45, 7) is 4.16. The highest BCUT2D eigenvalue weighted by molar-refractivity contribution is 9.10. The molecule has 0 aliphatic carbocycles. The molecule has 0 aromatic carbocycles. The van der Waals surface area contributed by atoms with E-state index in [-0.39, 0.29) is 12.7 Å². The second-order valence-electron chi connectivity index (χ2n) is 3.94. The summed E-state index contributed by atoms with van der Waals surface area (Å²) in [5.41, 5.74) is 0. The molecule has 6 heteroatoms. The van der Waals surface area contributed by atoms with Gasteiger partial charge in [-0.2, -0.15) is 0 Å². The van der Waals surface area contributed by atoms with Gasteiger partial charge in [-0.05, 0) is 15.9 Å². The molecule has 0 amide bonds. The quantitative estimate of drug-likeness (QED) is 0.844. The molecular weight excluding hydrogens is 286 g/mol. The lowest BCUT2D eigenvalue weighted by Crippen LogP contribution is -2.44. The number of ether oxygens (including phenoxy) is 1. The fourth-order valence-corrected chi connectivity index (χ4v) is 2.22. The topological polar surface area (TPSA) is 58.5 Å². The summed E-state index contributed by atoms with van der Waals surface area (Å²) in [5.74, 6) is 1.71. The van der Waals surface area contributed by atoms with E-state index in [1.54, 1.807) is 0 Å². The summed E-state index contributed by atoms with van der Waals surface area (Å²) >= 11 is 3.39. The lowest BCUT2D eigenvalue weighted by molar-refractivity contribution is 0.00334. The third-order valence-electron chi connectivity index (χ3n) is 2.71. The maximum absolute atomic E-state index is 9.12. The van der Waals surface area contributed by atoms with Gasteiger partial charge in [0.25, 0.3) is 0 Å². The third-order valence-corrected chi connectivity index (χ3v) is 3.12. The van der Waals surface area contributed by atoms with Crippen LogP contribution in [0, 0.1) is 0 Å². The predicted octanol–water partition coefficient (Wildman–Crippen LogP) is 0.999. The van der Waals surface area contributed by atoms with Crippen LogP contribution in [0.25, 0.3) is 0 Å². The van der Waals surface area contributed by atoms with Crippen molar-refractivity contribution in [3.05, 3.63) is 16.5 Å². The van der Waals surface area contributed by atoms with E-state index in [9.17, 15) is 0 Å². The van der Waals surface area contributed by atoms with Crippen molar-refractivity contribution in [1.82, 2.24) is 9.97 Å². The third kappa shape index (κ3) is 3.14. The predicted molar refractivity (Wildman–Crippen MR) is 68.1 cm³/mol. The van der Waals surface area contributed by atoms with Crippen LogP contribution in [0.1, 0.15) is 12.7 Å². The summed E-state index contributed by atoms with van der Waals surface area (Å²) in [5, 5.41) is 9.12. The van der Waals surface area contributed by atoms with Crippen molar-refractivity contribution in [2.24, 2.45) is 0 Å². The zero-order valence-corrected chi connectivity index (χ0v) is 11.4. The number of nitrogens with zero attached hydrogens (tertiary/aromatic N) is 3. The van der Waals surface area contributed by atoms with E-state index in [1.807, 2.05) is 13.0 Å². The van der Waals surface area contributed by atoms with Crippen molar-refractivity contribution in [2.75, 3.05) is 31.2 Å². The van der Waals surface area contributed by atoms with E-state index in [1.165, 1.54) is 0 Å². The fourth-order valence-electron chi connectivity index (χ4n) is 1.81. The Hall–Kier alpha value is -0.720. The van der Waals surface area contributed by atoms with Crippen molar-refractivity contribution in [2.45, 2.75) is 19.4 Å². The number of aryl methyl sites for hydroxylation is 1. The molecule has 2 rings (SSSR count). The number of morpholine rings is 1. The number of hydrogen-bond acceptors (Lipinski definition) is 5. The molecule has 1 atom stereocenters. The minimum atomic E-state index is -0.123. The fraction of sp³-hybridized carbons (Fsp3) is 0.636. The van der Waals surface area contributed by atoms with E-state index in [2.05, 4.69) is 30.8 Å². The first-order valence-electron chi connectivity index (χ1n) is 5.73. The number of rotatable bonds is 3. The van der Waals surface area contributed by atoms with Crippen molar-refractivity contribution in [3.8, 4) is 0 Å². The Morgan fingerprint density at radius 2 is 2.41 bits per heavy atom. The smallest absolute Gasteiger partial charge is 0.133 e. The second-order valence-corrected chi connectivity index (χ2v) is 4.75. The van der Waals surface area contributed by atoms with Crippen LogP contribution in [0.2, 0.25) is 0 Å². The van der Waals surface area contributed by atoms with Crippen LogP contribution in [0.3, 0.4) is 0 Å². The van der Waals surface area contributed by atoms with E-state index in [0.29, 0.717) is 13.2 Å². The monoisotopic (exact) mass is 301 g/mol. The summed E-state index contributed by atoms with van der Waals surface area (Å²) in [7, 11) is 0. The Morgan fingerprint density at radius 1 is 1.59 bits per heavy atom. The molecule has 0 saturated carbocycles. The van der Waals surface area contributed by atoms with Crippen LogP contribution >= 0.6 is 15.9 Å². The molecule has 0 bridgehead atoms. The molecule has 5 nitrogen and oxygen atoms in total. The van der Waals surface area contributed by atoms with Gasteiger partial charge >= 0.3 is 0 Å². The molecule has 1 fully saturated rings. The number of aromatic nitrogens is 2. The van der Waals surface area contributed by atoms with Crippen LogP contribution in [-0.4, -0.2) is 47.5 Å². The number of aliphatic hydroxyl groups excluding tert-OH is 1. The lowest BCUT2D eigenvalue weighted by Gasteiger charge is -2.33. The average Bonchev–Trinajstić information content (AvgIpc) is 2.38. The first kappa shape index (κ1) is 12.7. The highest BCUT2D eigenvalue weighted by Gasteiger charge is 2.21. The van der Waals surface area contributed by atoms with Crippen molar-refractivity contribution in [3.63, 3.8) is 0 Å². The molecule has 17 heavy (non-hydrogen) atoms. The molecule has 1 N–H and O–H groups in total. The molecule has 1 unspecified atom stereocenters. The van der Waals surface area contributed by atoms with Gasteiger partial charge in [0.2, 0.25) is 0 Å². The molecule has 1 aromatic rings. The highest BCUT2D eigenvalue weighted by Crippen LogP contribution is 2.19. The van der Waals surface area contributed by atoms with Gasteiger partial charge in [0.05, 0.1) is 19.3 Å². The molecule has 1 aliphatic heterocycles. The summed E-state index contributed by atoms with van der Waals surface area (Å²) in [6, 6.07) is 1.90. The Morgan fingerprint density at radius 3 is 3.12 bits per heavy atom. The highest BCUT2D eigenvalue weighted by atomic mass is 79.9. The number of hydrogen-bond donors (Lipinski definition) is 1. The van der Waals surface area contributed by atoms with Gasteiger partial charge in [0.15, 0.2) is 0 Å². The zero-order valence-electron chi connectivity index (χ0n) is 9.77. The minimum absolute atomic E-state index is 0.0450. The maximum Gasteiger partial charge on any atom is 0.133 e. The standard InChI is InChI=1S/C11H16BrN3O2/c1-2-10-13-9(12)5-11(14-10)15-3-4-17-8(6-15)7-16/h5,8,16H,2-4,6-7H2,1H3. The molecule has 2 heterocycles. The Bertz CT molecular complexity index is 389. The van der Waals surface area contributed by atoms with Gasteiger partial charge in [-0.25, -0.2) is 9.97 Å². The van der Waals surface area contributed by atoms with Crippen LogP contribution in [0.5, 0.6) is 0 Å². The molecule has 0 radical (unpaired) electrons. The summed E-state index contributed by atoms with van der Waals surface area (Å²) < 4.78 is 6.22. The Balaban J connectivity index is 2.18. The van der Waals surface area contributed by atoms with E-state index < -0.39 is 0 Å². The number of halogens is 1. The van der Waals surface area contributed by atoms with Gasteiger partial charge in [-0.1, -0.05) is 6.92 Å². The molecule has 0 spiro atoms. The molecule has 94 valence electrons. The number of anilines is 1. The normalized spacial score (nSPS) is 20.6. The largest absolute Gasteiger partial charge is 0.394 e. The van der Waals surface area contributed by atoms with Gasteiger partial charge in [0, 0.05) is 25.6 Å². The molecular formula is C11H16BrN3O2. The Kier molecular flexibility index (Phi) is 4.31. The van der Waals surface area contributed by atoms with Gasteiger partial charge in [-0.3, -0.25) is 0 Å². The molecule has 1 aliphatic rings. The minimum Gasteiger partial charge on any atom is -0.394 e. The number of aliphatic hydroxyl groups is 1. The average molecular weight is 302 g/mol.